The zero-order valence-corrected chi connectivity index (χ0v) is 55.8. The van der Waals surface area contributed by atoms with Gasteiger partial charge in [0, 0.05) is 12.8 Å². The van der Waals surface area contributed by atoms with Crippen LogP contribution in [0.4, 0.5) is 0 Å². The third-order valence-corrected chi connectivity index (χ3v) is 17.7. The molecule has 0 aromatic rings. The summed E-state index contributed by atoms with van der Waals surface area (Å²) in [4.78, 5) is 24.6. The number of allylic oxidation sites excluding steroid dienone is 3. The standard InChI is InChI=1S/C76H147NO5/c1-3-5-7-9-11-13-15-17-19-37-42-46-50-54-58-62-66-70-76(81)82-71-67-63-59-55-51-47-43-39-36-34-32-30-28-26-24-22-20-21-23-25-27-29-31-33-35-38-41-45-49-53-57-61-65-69-75(80)77-73(72-78)74(79)68-64-60-56-52-48-44-40-18-16-14-12-10-8-6-4-2/h17,19,64,68,73-74,78-79H,3-16,18,20-63,65-67,69-72H2,1-2H3,(H,77,80)/b19-17-,68-64+. The predicted octanol–water partition coefficient (Wildman–Crippen LogP) is 24.5. The molecule has 3 N–H and O–H groups in total. The molecule has 82 heavy (non-hydrogen) atoms. The van der Waals surface area contributed by atoms with Gasteiger partial charge in [0.25, 0.3) is 0 Å². The second-order valence-corrected chi connectivity index (χ2v) is 26.0. The van der Waals surface area contributed by atoms with E-state index in [1.54, 1.807) is 6.08 Å². The fraction of sp³-hybridized carbons (Fsp3) is 0.921. The average Bonchev–Trinajstić information content (AvgIpc) is 3.48. The van der Waals surface area contributed by atoms with Gasteiger partial charge in [-0.2, -0.15) is 0 Å². The molecule has 0 radical (unpaired) electrons. The van der Waals surface area contributed by atoms with Crippen LogP contribution in [0.2, 0.25) is 0 Å². The van der Waals surface area contributed by atoms with E-state index in [9.17, 15) is 19.8 Å². The summed E-state index contributed by atoms with van der Waals surface area (Å²) in [6.07, 6.45) is 91.4. The summed E-state index contributed by atoms with van der Waals surface area (Å²) < 4.78 is 5.51. The molecule has 1 amide bonds. The Kier molecular flexibility index (Phi) is 70.4. The van der Waals surface area contributed by atoms with Crippen molar-refractivity contribution in [1.82, 2.24) is 5.32 Å². The number of esters is 1. The summed E-state index contributed by atoms with van der Waals surface area (Å²) in [7, 11) is 0. The van der Waals surface area contributed by atoms with E-state index in [0.717, 1.165) is 38.5 Å². The SMILES string of the molecule is CCCCCCCC/C=C\CCCCCCCCCC(=O)OCCCCCCCCCCCCCCCCCCCCCCCCCCCCCCCCCCCC(=O)NC(CO)C(O)/C=C/CCCCCCCCCCCCCCC. The topological polar surface area (TPSA) is 95.9 Å². The lowest BCUT2D eigenvalue weighted by molar-refractivity contribution is -0.143. The van der Waals surface area contributed by atoms with E-state index in [4.69, 9.17) is 4.74 Å². The normalized spacial score (nSPS) is 12.6. The second-order valence-electron chi connectivity index (χ2n) is 26.0. The van der Waals surface area contributed by atoms with Gasteiger partial charge in [0.05, 0.1) is 25.4 Å². The van der Waals surface area contributed by atoms with Crippen LogP contribution in [-0.4, -0.2) is 47.4 Å². The molecular weight excluding hydrogens is 1010 g/mol. The van der Waals surface area contributed by atoms with E-state index in [1.165, 1.54) is 360 Å². The van der Waals surface area contributed by atoms with E-state index in [-0.39, 0.29) is 18.5 Å². The molecule has 0 heterocycles. The van der Waals surface area contributed by atoms with E-state index in [1.807, 2.05) is 6.08 Å². The number of rotatable bonds is 71. The van der Waals surface area contributed by atoms with Crippen molar-refractivity contribution in [2.45, 2.75) is 437 Å². The van der Waals surface area contributed by atoms with Crippen LogP contribution in [-0.2, 0) is 14.3 Å². The first-order valence-electron chi connectivity index (χ1n) is 37.6. The van der Waals surface area contributed by atoms with E-state index in [2.05, 4.69) is 31.3 Å². The minimum atomic E-state index is -0.840. The van der Waals surface area contributed by atoms with Crippen molar-refractivity contribution in [3.63, 3.8) is 0 Å². The number of unbranched alkanes of at least 4 members (excludes halogenated alkanes) is 58. The maximum absolute atomic E-state index is 12.5. The molecule has 0 spiro atoms. The summed E-state index contributed by atoms with van der Waals surface area (Å²) in [6, 6.07) is -0.624. The fourth-order valence-corrected chi connectivity index (χ4v) is 12.0. The fourth-order valence-electron chi connectivity index (χ4n) is 12.0. The number of amides is 1. The first kappa shape index (κ1) is 80.3. The number of aliphatic hydroxyl groups is 2. The summed E-state index contributed by atoms with van der Waals surface area (Å²) in [5.41, 5.74) is 0. The van der Waals surface area contributed by atoms with E-state index >= 15 is 0 Å². The van der Waals surface area contributed by atoms with Crippen molar-refractivity contribution in [2.75, 3.05) is 13.2 Å². The van der Waals surface area contributed by atoms with E-state index < -0.39 is 12.1 Å². The van der Waals surface area contributed by atoms with Crippen molar-refractivity contribution in [1.29, 1.82) is 0 Å². The molecule has 0 saturated carbocycles. The molecule has 0 aliphatic carbocycles. The first-order valence-corrected chi connectivity index (χ1v) is 37.6. The van der Waals surface area contributed by atoms with Crippen LogP contribution in [0.5, 0.6) is 0 Å². The van der Waals surface area contributed by atoms with Crippen LogP contribution in [0.15, 0.2) is 24.3 Å². The van der Waals surface area contributed by atoms with Crippen molar-refractivity contribution in [3.8, 4) is 0 Å². The molecule has 0 aliphatic rings. The van der Waals surface area contributed by atoms with Gasteiger partial charge >= 0.3 is 5.97 Å². The number of nitrogens with one attached hydrogen (secondary N) is 1. The van der Waals surface area contributed by atoms with Crippen molar-refractivity contribution >= 4 is 11.9 Å². The second kappa shape index (κ2) is 71.8. The molecular formula is C76H147NO5. The monoisotopic (exact) mass is 1150 g/mol. The van der Waals surface area contributed by atoms with Crippen LogP contribution >= 0.6 is 0 Å². The largest absolute Gasteiger partial charge is 0.466 e. The Morgan fingerprint density at radius 2 is 0.573 bits per heavy atom. The summed E-state index contributed by atoms with van der Waals surface area (Å²) >= 11 is 0. The molecule has 6 heteroatoms. The lowest BCUT2D eigenvalue weighted by Crippen LogP contribution is -2.45. The Morgan fingerprint density at radius 1 is 0.329 bits per heavy atom. The van der Waals surface area contributed by atoms with Crippen LogP contribution in [0.3, 0.4) is 0 Å². The van der Waals surface area contributed by atoms with Crippen LogP contribution < -0.4 is 5.32 Å². The number of carbonyl (C=O) groups excluding carboxylic acids is 2. The molecule has 2 unspecified atom stereocenters. The molecule has 0 rings (SSSR count). The minimum Gasteiger partial charge on any atom is -0.466 e. The number of carbonyl (C=O) groups is 2. The average molecular weight is 1160 g/mol. The van der Waals surface area contributed by atoms with Gasteiger partial charge in [-0.05, 0) is 57.8 Å². The smallest absolute Gasteiger partial charge is 0.305 e. The van der Waals surface area contributed by atoms with Gasteiger partial charge in [0.1, 0.15) is 0 Å². The summed E-state index contributed by atoms with van der Waals surface area (Å²) in [6.45, 7) is 4.94. The van der Waals surface area contributed by atoms with Gasteiger partial charge in [-0.3, -0.25) is 9.59 Å². The maximum atomic E-state index is 12.5. The van der Waals surface area contributed by atoms with Gasteiger partial charge in [0.15, 0.2) is 0 Å². The lowest BCUT2D eigenvalue weighted by atomic mass is 10.0. The predicted molar refractivity (Wildman–Crippen MR) is 361 cm³/mol. The number of hydrogen-bond donors (Lipinski definition) is 3. The summed E-state index contributed by atoms with van der Waals surface area (Å²) in [5.74, 6) is -0.0415. The molecule has 486 valence electrons. The van der Waals surface area contributed by atoms with E-state index in [0.29, 0.717) is 19.4 Å². The maximum Gasteiger partial charge on any atom is 0.305 e. The zero-order chi connectivity index (χ0) is 59.2. The number of hydrogen-bond acceptors (Lipinski definition) is 5. The Hall–Kier alpha value is -1.66. The van der Waals surface area contributed by atoms with Crippen LogP contribution in [0.25, 0.3) is 0 Å². The quantitative estimate of drug-likeness (QED) is 0.0320. The molecule has 0 aromatic carbocycles. The van der Waals surface area contributed by atoms with Gasteiger partial charge in [-0.1, -0.05) is 378 Å². The number of ether oxygens (including phenoxy) is 1. The van der Waals surface area contributed by atoms with Gasteiger partial charge in [0.2, 0.25) is 5.91 Å². The van der Waals surface area contributed by atoms with Gasteiger partial charge in [-0.15, -0.1) is 0 Å². The van der Waals surface area contributed by atoms with Gasteiger partial charge in [-0.25, -0.2) is 0 Å². The highest BCUT2D eigenvalue weighted by Gasteiger charge is 2.18. The number of aliphatic hydroxyl groups excluding tert-OH is 2. The molecule has 2 atom stereocenters. The molecule has 0 aliphatic heterocycles. The highest BCUT2D eigenvalue weighted by Crippen LogP contribution is 2.19. The van der Waals surface area contributed by atoms with Crippen molar-refractivity contribution in [2.24, 2.45) is 0 Å². The van der Waals surface area contributed by atoms with Crippen LogP contribution in [0.1, 0.15) is 425 Å². The molecule has 0 fully saturated rings. The highest BCUT2D eigenvalue weighted by molar-refractivity contribution is 5.76. The Morgan fingerprint density at radius 3 is 0.866 bits per heavy atom. The lowest BCUT2D eigenvalue weighted by Gasteiger charge is -2.20. The Bertz CT molecular complexity index is 1280. The minimum absolute atomic E-state index is 0.0189. The van der Waals surface area contributed by atoms with Crippen molar-refractivity contribution in [3.05, 3.63) is 24.3 Å². The third kappa shape index (κ3) is 67.5. The molecule has 0 bridgehead atoms. The Labute approximate surface area is 513 Å². The van der Waals surface area contributed by atoms with Gasteiger partial charge < -0.3 is 20.3 Å². The summed E-state index contributed by atoms with van der Waals surface area (Å²) in [5, 5.41) is 23.2. The van der Waals surface area contributed by atoms with Crippen LogP contribution in [0, 0.1) is 0 Å². The molecule has 0 saturated heterocycles. The Balaban J connectivity index is 3.32. The first-order chi connectivity index (χ1) is 40.5. The van der Waals surface area contributed by atoms with Crippen molar-refractivity contribution < 1.29 is 24.5 Å². The zero-order valence-electron chi connectivity index (χ0n) is 55.8. The molecule has 6 nitrogen and oxygen atoms in total. The highest BCUT2D eigenvalue weighted by atomic mass is 16.5. The molecule has 0 aromatic heterocycles. The third-order valence-electron chi connectivity index (χ3n) is 17.7.